The van der Waals surface area contributed by atoms with Crippen molar-refractivity contribution in [2.45, 2.75) is 19.8 Å². The summed E-state index contributed by atoms with van der Waals surface area (Å²) >= 11 is 5.86. The lowest BCUT2D eigenvalue weighted by Crippen LogP contribution is -2.14. The van der Waals surface area contributed by atoms with E-state index < -0.39 is 0 Å². The van der Waals surface area contributed by atoms with E-state index in [1.807, 2.05) is 36.4 Å². The lowest BCUT2D eigenvalue weighted by molar-refractivity contribution is 0.102. The maximum absolute atomic E-state index is 12.5. The van der Waals surface area contributed by atoms with Crippen molar-refractivity contribution in [1.82, 2.24) is 9.97 Å². The average Bonchev–Trinajstić information content (AvgIpc) is 2.64. The number of rotatable bonds is 5. The zero-order chi connectivity index (χ0) is 18.5. The summed E-state index contributed by atoms with van der Waals surface area (Å²) in [6, 6.07) is 15.0. The molecule has 0 radical (unpaired) electrons. The molecule has 0 atom stereocenters. The van der Waals surface area contributed by atoms with Crippen LogP contribution in [0.2, 0.25) is 5.02 Å². The second-order valence-electron chi connectivity index (χ2n) is 6.12. The fraction of sp³-hybridized carbons (Fsp3) is 0.150. The van der Waals surface area contributed by atoms with E-state index in [4.69, 9.17) is 11.6 Å². The van der Waals surface area contributed by atoms with E-state index in [2.05, 4.69) is 34.4 Å². The van der Waals surface area contributed by atoms with Crippen LogP contribution in [0.15, 0.2) is 60.9 Å². The zero-order valence-corrected chi connectivity index (χ0v) is 15.3. The number of hydrogen-bond donors (Lipinski definition) is 2. The molecule has 0 saturated heterocycles. The van der Waals surface area contributed by atoms with E-state index in [1.54, 1.807) is 12.1 Å². The van der Waals surface area contributed by atoms with Crippen molar-refractivity contribution in [3.05, 3.63) is 77.1 Å². The number of carbonyl (C=O) groups excluding carboxylic acids is 1. The number of amides is 1. The van der Waals surface area contributed by atoms with Crippen molar-refractivity contribution < 1.29 is 4.79 Å². The van der Waals surface area contributed by atoms with Crippen LogP contribution in [0.4, 0.5) is 17.3 Å². The summed E-state index contributed by atoms with van der Waals surface area (Å²) in [6.07, 6.45) is 3.00. The summed E-state index contributed by atoms with van der Waals surface area (Å²) in [4.78, 5) is 20.9. The summed E-state index contributed by atoms with van der Waals surface area (Å²) in [6.45, 7) is 4.18. The van der Waals surface area contributed by atoms with Crippen molar-refractivity contribution in [2.75, 3.05) is 10.6 Å². The summed E-state index contributed by atoms with van der Waals surface area (Å²) in [5, 5.41) is 6.65. The minimum Gasteiger partial charge on any atom is -0.324 e. The SMILES string of the molecule is CC(C)c1ccccc1NC(=O)c1cnc(Nc2ccc(Cl)cc2)nc1. The number of benzene rings is 2. The summed E-state index contributed by atoms with van der Waals surface area (Å²) in [7, 11) is 0. The van der Waals surface area contributed by atoms with Gasteiger partial charge in [0.2, 0.25) is 5.95 Å². The second kappa shape index (κ2) is 7.97. The third-order valence-electron chi connectivity index (χ3n) is 3.85. The Morgan fingerprint density at radius 1 is 1.00 bits per heavy atom. The molecule has 132 valence electrons. The Balaban J connectivity index is 1.70. The van der Waals surface area contributed by atoms with Crippen molar-refractivity contribution in [2.24, 2.45) is 0 Å². The topological polar surface area (TPSA) is 66.9 Å². The van der Waals surface area contributed by atoms with Crippen LogP contribution >= 0.6 is 11.6 Å². The van der Waals surface area contributed by atoms with E-state index in [1.165, 1.54) is 12.4 Å². The van der Waals surface area contributed by atoms with E-state index in [0.717, 1.165) is 16.9 Å². The van der Waals surface area contributed by atoms with Crippen LogP contribution in [0.1, 0.15) is 35.7 Å². The number of nitrogens with one attached hydrogen (secondary N) is 2. The van der Waals surface area contributed by atoms with Crippen molar-refractivity contribution in [3.63, 3.8) is 0 Å². The van der Waals surface area contributed by atoms with Crippen LogP contribution in [0.5, 0.6) is 0 Å². The molecule has 3 rings (SSSR count). The molecule has 5 nitrogen and oxygen atoms in total. The molecular formula is C20H19ClN4O. The van der Waals surface area contributed by atoms with Gasteiger partial charge in [0.1, 0.15) is 0 Å². The molecule has 0 fully saturated rings. The molecular weight excluding hydrogens is 348 g/mol. The van der Waals surface area contributed by atoms with Crippen molar-refractivity contribution >= 4 is 34.8 Å². The Bertz CT molecular complexity index is 892. The van der Waals surface area contributed by atoms with Crippen LogP contribution in [-0.2, 0) is 0 Å². The molecule has 3 aromatic rings. The molecule has 1 amide bonds. The zero-order valence-electron chi connectivity index (χ0n) is 14.5. The predicted octanol–water partition coefficient (Wildman–Crippen LogP) is 5.25. The minimum atomic E-state index is -0.240. The minimum absolute atomic E-state index is 0.240. The molecule has 0 saturated carbocycles. The van der Waals surface area contributed by atoms with Gasteiger partial charge in [-0.05, 0) is 41.8 Å². The smallest absolute Gasteiger partial charge is 0.258 e. The number of hydrogen-bond acceptors (Lipinski definition) is 4. The second-order valence-corrected chi connectivity index (χ2v) is 6.56. The lowest BCUT2D eigenvalue weighted by Gasteiger charge is -2.13. The normalized spacial score (nSPS) is 10.6. The van der Waals surface area contributed by atoms with Crippen LogP contribution in [0.3, 0.4) is 0 Å². The molecule has 6 heteroatoms. The maximum atomic E-state index is 12.5. The highest BCUT2D eigenvalue weighted by atomic mass is 35.5. The number of anilines is 3. The van der Waals surface area contributed by atoms with Crippen molar-refractivity contribution in [3.8, 4) is 0 Å². The van der Waals surface area contributed by atoms with E-state index in [0.29, 0.717) is 22.5 Å². The Labute approximate surface area is 157 Å². The van der Waals surface area contributed by atoms with Gasteiger partial charge in [0.15, 0.2) is 0 Å². The molecule has 0 unspecified atom stereocenters. The number of aromatic nitrogens is 2. The number of nitrogens with zero attached hydrogens (tertiary/aromatic N) is 2. The first-order valence-electron chi connectivity index (χ1n) is 8.28. The van der Waals surface area contributed by atoms with Gasteiger partial charge < -0.3 is 10.6 Å². The molecule has 1 heterocycles. The van der Waals surface area contributed by atoms with Crippen LogP contribution < -0.4 is 10.6 Å². The molecule has 26 heavy (non-hydrogen) atoms. The fourth-order valence-electron chi connectivity index (χ4n) is 2.48. The van der Waals surface area contributed by atoms with Gasteiger partial charge in [0.05, 0.1) is 5.56 Å². The Morgan fingerprint density at radius 3 is 2.31 bits per heavy atom. The lowest BCUT2D eigenvalue weighted by atomic mass is 10.0. The van der Waals surface area contributed by atoms with Crippen LogP contribution in [0.25, 0.3) is 0 Å². The summed E-state index contributed by atoms with van der Waals surface area (Å²) in [5.41, 5.74) is 3.10. The number of para-hydroxylation sites is 1. The first-order chi connectivity index (χ1) is 12.5. The molecule has 1 aromatic heterocycles. The standard InChI is InChI=1S/C20H19ClN4O/c1-13(2)17-5-3-4-6-18(17)25-19(26)14-11-22-20(23-12-14)24-16-9-7-15(21)8-10-16/h3-13H,1-2H3,(H,25,26)(H,22,23,24). The Hall–Kier alpha value is -2.92. The molecule has 0 bridgehead atoms. The van der Waals surface area contributed by atoms with Crippen LogP contribution in [-0.4, -0.2) is 15.9 Å². The summed E-state index contributed by atoms with van der Waals surface area (Å²) in [5.74, 6) is 0.483. The third-order valence-corrected chi connectivity index (χ3v) is 4.10. The molecule has 2 N–H and O–H groups in total. The molecule has 2 aromatic carbocycles. The molecule has 0 aliphatic heterocycles. The number of carbonyl (C=O) groups is 1. The van der Waals surface area contributed by atoms with Gasteiger partial charge in [0.25, 0.3) is 5.91 Å². The first kappa shape index (κ1) is 17.9. The van der Waals surface area contributed by atoms with E-state index in [9.17, 15) is 4.79 Å². The van der Waals surface area contributed by atoms with Crippen molar-refractivity contribution in [1.29, 1.82) is 0 Å². The van der Waals surface area contributed by atoms with Gasteiger partial charge in [-0.15, -0.1) is 0 Å². The van der Waals surface area contributed by atoms with Gasteiger partial charge in [-0.3, -0.25) is 4.79 Å². The van der Waals surface area contributed by atoms with Gasteiger partial charge in [-0.25, -0.2) is 9.97 Å². The van der Waals surface area contributed by atoms with E-state index in [-0.39, 0.29) is 5.91 Å². The molecule has 0 aliphatic carbocycles. The first-order valence-corrected chi connectivity index (χ1v) is 8.65. The fourth-order valence-corrected chi connectivity index (χ4v) is 2.61. The molecule has 0 aliphatic rings. The van der Waals surface area contributed by atoms with Crippen LogP contribution in [0, 0.1) is 0 Å². The highest BCUT2D eigenvalue weighted by Crippen LogP contribution is 2.24. The predicted molar refractivity (Wildman–Crippen MR) is 105 cm³/mol. The Morgan fingerprint density at radius 2 is 1.65 bits per heavy atom. The highest BCUT2D eigenvalue weighted by molar-refractivity contribution is 6.30. The Kier molecular flexibility index (Phi) is 5.49. The quantitative estimate of drug-likeness (QED) is 0.647. The third kappa shape index (κ3) is 4.37. The largest absolute Gasteiger partial charge is 0.324 e. The van der Waals surface area contributed by atoms with Gasteiger partial charge in [0, 0.05) is 28.8 Å². The number of halogens is 1. The average molecular weight is 367 g/mol. The monoisotopic (exact) mass is 366 g/mol. The maximum Gasteiger partial charge on any atom is 0.258 e. The van der Waals surface area contributed by atoms with Gasteiger partial charge in [-0.1, -0.05) is 43.6 Å². The highest BCUT2D eigenvalue weighted by Gasteiger charge is 2.12. The van der Waals surface area contributed by atoms with Gasteiger partial charge >= 0.3 is 0 Å². The molecule has 0 spiro atoms. The van der Waals surface area contributed by atoms with Gasteiger partial charge in [-0.2, -0.15) is 0 Å². The summed E-state index contributed by atoms with van der Waals surface area (Å²) < 4.78 is 0. The van der Waals surface area contributed by atoms with E-state index >= 15 is 0 Å².